The van der Waals surface area contributed by atoms with Crippen LogP contribution in [0, 0.1) is 12.7 Å². The number of amides is 2. The van der Waals surface area contributed by atoms with Crippen LogP contribution in [0.1, 0.15) is 16.1 Å². The largest absolute Gasteiger partial charge is 0.338 e. The molecular weight excluding hydrogens is 452 g/mol. The van der Waals surface area contributed by atoms with Gasteiger partial charge < -0.3 is 14.4 Å². The van der Waals surface area contributed by atoms with Gasteiger partial charge in [0, 0.05) is 36.9 Å². The van der Waals surface area contributed by atoms with E-state index in [1.54, 1.807) is 50.8 Å². The van der Waals surface area contributed by atoms with Crippen LogP contribution in [0.5, 0.6) is 0 Å². The minimum absolute atomic E-state index is 0.0665. The predicted molar refractivity (Wildman–Crippen MR) is 124 cm³/mol. The first kappa shape index (κ1) is 22.4. The van der Waals surface area contributed by atoms with Crippen LogP contribution in [0.3, 0.4) is 0 Å². The zero-order valence-electron chi connectivity index (χ0n) is 17.5. The first-order valence-corrected chi connectivity index (χ1v) is 11.2. The summed E-state index contributed by atoms with van der Waals surface area (Å²) in [6.07, 6.45) is 0. The van der Waals surface area contributed by atoms with E-state index >= 15 is 0 Å². The van der Waals surface area contributed by atoms with Crippen molar-refractivity contribution in [1.82, 2.24) is 14.4 Å². The Labute approximate surface area is 195 Å². The molecule has 0 N–H and O–H groups in total. The molecule has 2 aromatic carbocycles. The maximum atomic E-state index is 14.7. The molecule has 0 atom stereocenters. The molecule has 4 rings (SSSR count). The maximum absolute atomic E-state index is 14.7. The normalized spacial score (nSPS) is 14.0. The fraction of sp³-hybridized carbons (Fsp3) is 0.250. The van der Waals surface area contributed by atoms with Gasteiger partial charge in [0.05, 0.1) is 16.9 Å². The number of halogens is 3. The zero-order valence-corrected chi connectivity index (χ0v) is 19.0. The number of aromatic nitrogens is 1. The highest BCUT2D eigenvalue weighted by atomic mass is 35.5. The average Bonchev–Trinajstić information content (AvgIpc) is 3.15. The van der Waals surface area contributed by atoms with E-state index in [1.807, 2.05) is 19.1 Å². The third-order valence-electron chi connectivity index (χ3n) is 5.74. The summed E-state index contributed by atoms with van der Waals surface area (Å²) in [6, 6.07) is 15.5. The summed E-state index contributed by atoms with van der Waals surface area (Å²) in [5, 5.41) is 0.593. The smallest absolute Gasteiger partial charge is 0.255 e. The second kappa shape index (κ2) is 9.35. The second-order valence-electron chi connectivity index (χ2n) is 7.63. The molecular formula is C24H22Cl2FN3O2. The van der Waals surface area contributed by atoms with Crippen molar-refractivity contribution in [3.63, 3.8) is 0 Å². The molecule has 0 saturated carbocycles. The first-order chi connectivity index (χ1) is 15.4. The van der Waals surface area contributed by atoms with Crippen LogP contribution in [0.2, 0.25) is 5.02 Å². The molecule has 3 aromatic rings. The topological polar surface area (TPSA) is 45.6 Å². The molecule has 0 bridgehead atoms. The van der Waals surface area contributed by atoms with Crippen LogP contribution in [-0.2, 0) is 4.79 Å². The Hall–Kier alpha value is -2.83. The van der Waals surface area contributed by atoms with E-state index in [1.165, 1.54) is 6.07 Å². The van der Waals surface area contributed by atoms with Gasteiger partial charge in [0.15, 0.2) is 0 Å². The molecule has 32 heavy (non-hydrogen) atoms. The molecule has 0 radical (unpaired) electrons. The van der Waals surface area contributed by atoms with E-state index in [2.05, 4.69) is 0 Å². The van der Waals surface area contributed by atoms with Gasteiger partial charge in [0.1, 0.15) is 11.7 Å². The van der Waals surface area contributed by atoms with Gasteiger partial charge in [-0.3, -0.25) is 9.59 Å². The van der Waals surface area contributed by atoms with Crippen LogP contribution in [-0.4, -0.2) is 58.2 Å². The molecule has 1 aliphatic rings. The number of hydrogen-bond acceptors (Lipinski definition) is 2. The lowest BCUT2D eigenvalue weighted by molar-refractivity contribution is -0.129. The Kier molecular flexibility index (Phi) is 6.53. The van der Waals surface area contributed by atoms with E-state index in [0.717, 1.165) is 5.56 Å². The molecule has 0 aliphatic carbocycles. The molecule has 2 amide bonds. The van der Waals surface area contributed by atoms with Crippen molar-refractivity contribution >= 4 is 35.0 Å². The summed E-state index contributed by atoms with van der Waals surface area (Å²) in [7, 11) is 0. The zero-order chi connectivity index (χ0) is 22.8. The van der Waals surface area contributed by atoms with E-state index in [0.29, 0.717) is 53.8 Å². The average molecular weight is 474 g/mol. The molecule has 1 fully saturated rings. The summed E-state index contributed by atoms with van der Waals surface area (Å²) >= 11 is 11.7. The van der Waals surface area contributed by atoms with Gasteiger partial charge in [-0.1, -0.05) is 35.9 Å². The number of carbonyl (C=O) groups excluding carboxylic acids is 2. The van der Waals surface area contributed by atoms with E-state index in [-0.39, 0.29) is 23.5 Å². The van der Waals surface area contributed by atoms with Crippen molar-refractivity contribution in [2.24, 2.45) is 0 Å². The highest BCUT2D eigenvalue weighted by Gasteiger charge is 2.28. The number of para-hydroxylation sites is 1. The molecule has 1 aliphatic heterocycles. The Balaban J connectivity index is 1.73. The lowest BCUT2D eigenvalue weighted by Crippen LogP contribution is -2.51. The number of hydrogen-bond donors (Lipinski definition) is 0. The third-order valence-corrected chi connectivity index (χ3v) is 6.23. The van der Waals surface area contributed by atoms with E-state index in [9.17, 15) is 14.0 Å². The van der Waals surface area contributed by atoms with Crippen LogP contribution in [0.4, 0.5) is 4.39 Å². The monoisotopic (exact) mass is 473 g/mol. The van der Waals surface area contributed by atoms with E-state index in [4.69, 9.17) is 23.2 Å². The van der Waals surface area contributed by atoms with Crippen LogP contribution in [0.25, 0.3) is 16.9 Å². The van der Waals surface area contributed by atoms with Gasteiger partial charge in [-0.05, 0) is 42.8 Å². The van der Waals surface area contributed by atoms with Crippen molar-refractivity contribution in [2.45, 2.75) is 6.92 Å². The fourth-order valence-corrected chi connectivity index (χ4v) is 4.31. The molecule has 8 heteroatoms. The number of alkyl halides is 1. The summed E-state index contributed by atoms with van der Waals surface area (Å²) in [5.74, 6) is -0.728. The molecule has 0 spiro atoms. The van der Waals surface area contributed by atoms with E-state index < -0.39 is 0 Å². The van der Waals surface area contributed by atoms with Gasteiger partial charge in [0.2, 0.25) is 5.91 Å². The van der Waals surface area contributed by atoms with Gasteiger partial charge in [-0.25, -0.2) is 4.39 Å². The molecule has 0 unspecified atom stereocenters. The Morgan fingerprint density at radius 2 is 1.59 bits per heavy atom. The van der Waals surface area contributed by atoms with Crippen LogP contribution >= 0.6 is 23.2 Å². The number of carbonyl (C=O) groups is 2. The molecule has 2 heterocycles. The highest BCUT2D eigenvalue weighted by Crippen LogP contribution is 2.32. The SMILES string of the molecule is Cc1c(C(=O)N2CCN(C(=O)CCl)CC2)cc(-c2ccc(Cl)cc2)n1-c1ccccc1F. The van der Waals surface area contributed by atoms with Crippen molar-refractivity contribution < 1.29 is 14.0 Å². The van der Waals surface area contributed by atoms with Crippen molar-refractivity contribution in [2.75, 3.05) is 32.1 Å². The maximum Gasteiger partial charge on any atom is 0.255 e. The van der Waals surface area contributed by atoms with Gasteiger partial charge in [-0.15, -0.1) is 11.6 Å². The lowest BCUT2D eigenvalue weighted by atomic mass is 10.1. The van der Waals surface area contributed by atoms with Crippen molar-refractivity contribution in [1.29, 1.82) is 0 Å². The van der Waals surface area contributed by atoms with Crippen LogP contribution in [0.15, 0.2) is 54.6 Å². The summed E-state index contributed by atoms with van der Waals surface area (Å²) in [6.45, 7) is 3.53. The van der Waals surface area contributed by atoms with Gasteiger partial charge in [0.25, 0.3) is 5.91 Å². The number of piperazine rings is 1. The number of rotatable bonds is 4. The van der Waals surface area contributed by atoms with Crippen molar-refractivity contribution in [3.8, 4) is 16.9 Å². The minimum atomic E-state index is -0.381. The molecule has 166 valence electrons. The Morgan fingerprint density at radius 3 is 2.22 bits per heavy atom. The fourth-order valence-electron chi connectivity index (χ4n) is 4.01. The number of nitrogens with zero attached hydrogens (tertiary/aromatic N) is 3. The molecule has 1 saturated heterocycles. The van der Waals surface area contributed by atoms with Crippen molar-refractivity contribution in [3.05, 3.63) is 76.7 Å². The highest BCUT2D eigenvalue weighted by molar-refractivity contribution is 6.30. The second-order valence-corrected chi connectivity index (χ2v) is 8.33. The van der Waals surface area contributed by atoms with Crippen LogP contribution < -0.4 is 0 Å². The minimum Gasteiger partial charge on any atom is -0.338 e. The molecule has 5 nitrogen and oxygen atoms in total. The Bertz CT molecular complexity index is 1150. The lowest BCUT2D eigenvalue weighted by Gasteiger charge is -2.34. The summed E-state index contributed by atoms with van der Waals surface area (Å²) < 4.78 is 16.5. The quantitative estimate of drug-likeness (QED) is 0.512. The summed E-state index contributed by atoms with van der Waals surface area (Å²) in [5.41, 5.74) is 3.02. The van der Waals surface area contributed by atoms with Gasteiger partial charge >= 0.3 is 0 Å². The Morgan fingerprint density at radius 1 is 0.969 bits per heavy atom. The first-order valence-electron chi connectivity index (χ1n) is 10.3. The predicted octanol–water partition coefficient (Wildman–Crippen LogP) is 4.77. The molecule has 1 aromatic heterocycles. The summed E-state index contributed by atoms with van der Waals surface area (Å²) in [4.78, 5) is 28.6. The number of benzene rings is 2. The van der Waals surface area contributed by atoms with Gasteiger partial charge in [-0.2, -0.15) is 0 Å². The third kappa shape index (κ3) is 4.25. The standard InChI is InChI=1S/C24H22Cl2FN3O2/c1-16-19(24(32)29-12-10-28(11-13-29)23(31)15-25)14-22(17-6-8-18(26)9-7-17)30(16)21-5-3-2-4-20(21)27/h2-9,14H,10-13,15H2,1H3.